The lowest BCUT2D eigenvalue weighted by Gasteiger charge is -2.14. The molecule has 104 valence electrons. The zero-order valence-corrected chi connectivity index (χ0v) is 11.9. The monoisotopic (exact) mass is 269 g/mol. The summed E-state index contributed by atoms with van der Waals surface area (Å²) in [6.07, 6.45) is 0. The molecule has 0 heterocycles. The molecule has 0 bridgehead atoms. The first-order valence-corrected chi connectivity index (χ1v) is 6.47. The van der Waals surface area contributed by atoms with Gasteiger partial charge in [0.05, 0.1) is 11.3 Å². The average Bonchev–Trinajstić information content (AvgIpc) is 2.42. The first-order valence-electron chi connectivity index (χ1n) is 6.47. The van der Waals surface area contributed by atoms with E-state index >= 15 is 0 Å². The van der Waals surface area contributed by atoms with E-state index in [1.54, 1.807) is 6.07 Å². The Balaban J connectivity index is 2.33. The molecule has 0 unspecified atom stereocenters. The largest absolute Gasteiger partial charge is 0.323 e. The molecule has 0 aromatic heterocycles. The van der Waals surface area contributed by atoms with Crippen LogP contribution in [0, 0.1) is 20.8 Å². The van der Waals surface area contributed by atoms with Crippen molar-refractivity contribution in [2.24, 2.45) is 5.84 Å². The number of carbonyl (C=O) groups is 1. The van der Waals surface area contributed by atoms with Crippen molar-refractivity contribution in [3.05, 3.63) is 58.7 Å². The molecule has 0 aliphatic rings. The molecule has 1 amide bonds. The third kappa shape index (κ3) is 2.81. The van der Waals surface area contributed by atoms with Crippen molar-refractivity contribution in [3.8, 4) is 0 Å². The summed E-state index contributed by atoms with van der Waals surface area (Å²) in [5, 5.41) is 2.95. The Labute approximate surface area is 119 Å². The van der Waals surface area contributed by atoms with E-state index in [1.807, 2.05) is 51.1 Å². The molecule has 4 nitrogen and oxygen atoms in total. The molecule has 2 aromatic carbocycles. The third-order valence-corrected chi connectivity index (χ3v) is 3.29. The van der Waals surface area contributed by atoms with Crippen LogP contribution in [0.15, 0.2) is 36.4 Å². The van der Waals surface area contributed by atoms with Gasteiger partial charge in [-0.3, -0.25) is 10.6 Å². The summed E-state index contributed by atoms with van der Waals surface area (Å²) in [6.45, 7) is 5.90. The van der Waals surface area contributed by atoms with Crippen molar-refractivity contribution in [2.75, 3.05) is 10.7 Å². The maximum atomic E-state index is 12.4. The number of anilines is 2. The van der Waals surface area contributed by atoms with Crippen LogP contribution in [0.5, 0.6) is 0 Å². The van der Waals surface area contributed by atoms with Gasteiger partial charge in [-0.25, -0.2) is 0 Å². The van der Waals surface area contributed by atoms with Gasteiger partial charge in [0.15, 0.2) is 0 Å². The van der Waals surface area contributed by atoms with Crippen molar-refractivity contribution in [2.45, 2.75) is 20.8 Å². The number of carbonyl (C=O) groups excluding carboxylic acids is 1. The number of nitrogen functional groups attached to an aromatic ring is 1. The summed E-state index contributed by atoms with van der Waals surface area (Å²) in [5.41, 5.74) is 7.68. The van der Waals surface area contributed by atoms with Gasteiger partial charge in [-0.15, -0.1) is 0 Å². The summed E-state index contributed by atoms with van der Waals surface area (Å²) in [4.78, 5) is 12.4. The van der Waals surface area contributed by atoms with E-state index in [0.29, 0.717) is 11.3 Å². The van der Waals surface area contributed by atoms with Crippen molar-refractivity contribution in [1.82, 2.24) is 0 Å². The van der Waals surface area contributed by atoms with E-state index in [-0.39, 0.29) is 5.91 Å². The summed E-state index contributed by atoms with van der Waals surface area (Å²) in [7, 11) is 0. The normalized spacial score (nSPS) is 10.2. The van der Waals surface area contributed by atoms with Crippen LogP contribution < -0.4 is 16.6 Å². The Morgan fingerprint density at radius 1 is 1.05 bits per heavy atom. The van der Waals surface area contributed by atoms with E-state index in [1.165, 1.54) is 0 Å². The highest BCUT2D eigenvalue weighted by molar-refractivity contribution is 6.08. The number of nitrogens with two attached hydrogens (primary N) is 1. The highest BCUT2D eigenvalue weighted by Gasteiger charge is 2.13. The highest BCUT2D eigenvalue weighted by Crippen LogP contribution is 2.22. The van der Waals surface area contributed by atoms with Crippen LogP contribution in [-0.2, 0) is 0 Å². The molecule has 0 atom stereocenters. The van der Waals surface area contributed by atoms with Crippen LogP contribution in [0.4, 0.5) is 11.4 Å². The van der Waals surface area contributed by atoms with Gasteiger partial charge in [0, 0.05) is 5.69 Å². The number of hydrogen-bond acceptors (Lipinski definition) is 3. The molecule has 0 spiro atoms. The number of hydrogen-bond donors (Lipinski definition) is 3. The maximum absolute atomic E-state index is 12.4. The molecule has 20 heavy (non-hydrogen) atoms. The van der Waals surface area contributed by atoms with Crippen LogP contribution in [0.3, 0.4) is 0 Å². The lowest BCUT2D eigenvalue weighted by Crippen LogP contribution is -2.18. The minimum Gasteiger partial charge on any atom is -0.323 e. The van der Waals surface area contributed by atoms with Crippen molar-refractivity contribution in [3.63, 3.8) is 0 Å². The molecular formula is C16H19N3O. The number of benzene rings is 2. The SMILES string of the molecule is Cc1ccc(C(=O)Nc2c(C)cccc2C)c(NN)c1. The van der Waals surface area contributed by atoms with E-state index in [0.717, 1.165) is 22.4 Å². The van der Waals surface area contributed by atoms with Gasteiger partial charge in [0.25, 0.3) is 5.91 Å². The second-order valence-electron chi connectivity index (χ2n) is 4.91. The zero-order chi connectivity index (χ0) is 14.7. The molecule has 4 heteroatoms. The predicted molar refractivity (Wildman–Crippen MR) is 82.9 cm³/mol. The van der Waals surface area contributed by atoms with Crippen molar-refractivity contribution in [1.29, 1.82) is 0 Å². The number of para-hydroxylation sites is 1. The number of nitrogens with one attached hydrogen (secondary N) is 2. The fourth-order valence-corrected chi connectivity index (χ4v) is 2.17. The van der Waals surface area contributed by atoms with Crippen LogP contribution in [0.25, 0.3) is 0 Å². The van der Waals surface area contributed by atoms with E-state index in [4.69, 9.17) is 5.84 Å². The fourth-order valence-electron chi connectivity index (χ4n) is 2.17. The Hall–Kier alpha value is -2.33. The number of aryl methyl sites for hydroxylation is 3. The predicted octanol–water partition coefficient (Wildman–Crippen LogP) is 3.15. The van der Waals surface area contributed by atoms with E-state index < -0.39 is 0 Å². The highest BCUT2D eigenvalue weighted by atomic mass is 16.1. The lowest BCUT2D eigenvalue weighted by atomic mass is 10.1. The second-order valence-corrected chi connectivity index (χ2v) is 4.91. The van der Waals surface area contributed by atoms with Crippen LogP contribution in [0.1, 0.15) is 27.0 Å². The molecule has 0 saturated carbocycles. The quantitative estimate of drug-likeness (QED) is 0.592. The van der Waals surface area contributed by atoms with E-state index in [9.17, 15) is 4.79 Å². The van der Waals surface area contributed by atoms with Gasteiger partial charge in [-0.1, -0.05) is 24.3 Å². The molecule has 0 saturated heterocycles. The summed E-state index contributed by atoms with van der Waals surface area (Å²) in [6, 6.07) is 11.4. The van der Waals surface area contributed by atoms with Crippen molar-refractivity contribution >= 4 is 17.3 Å². The number of amides is 1. The zero-order valence-electron chi connectivity index (χ0n) is 11.9. The second kappa shape index (κ2) is 5.75. The number of rotatable bonds is 3. The standard InChI is InChI=1S/C16H19N3O/c1-10-7-8-13(14(9-10)19-17)16(20)18-15-11(2)5-4-6-12(15)3/h4-9,19H,17H2,1-3H3,(H,18,20). The van der Waals surface area contributed by atoms with Crippen molar-refractivity contribution < 1.29 is 4.79 Å². The summed E-state index contributed by atoms with van der Waals surface area (Å²) < 4.78 is 0. The molecule has 0 radical (unpaired) electrons. The molecule has 2 aromatic rings. The Bertz CT molecular complexity index is 630. The van der Waals surface area contributed by atoms with Gasteiger partial charge in [-0.2, -0.15) is 0 Å². The minimum atomic E-state index is -0.171. The Kier molecular flexibility index (Phi) is 4.05. The first-order chi connectivity index (χ1) is 9.52. The van der Waals surface area contributed by atoms with E-state index in [2.05, 4.69) is 10.7 Å². The topological polar surface area (TPSA) is 67.2 Å². The third-order valence-electron chi connectivity index (χ3n) is 3.29. The first kappa shape index (κ1) is 14.1. The number of hydrazine groups is 1. The molecule has 0 aliphatic carbocycles. The van der Waals surface area contributed by atoms with Crippen LogP contribution in [0.2, 0.25) is 0 Å². The fraction of sp³-hybridized carbons (Fsp3) is 0.188. The maximum Gasteiger partial charge on any atom is 0.257 e. The smallest absolute Gasteiger partial charge is 0.257 e. The van der Waals surface area contributed by atoms with Gasteiger partial charge in [0.2, 0.25) is 0 Å². The van der Waals surface area contributed by atoms with Gasteiger partial charge < -0.3 is 10.7 Å². The molecule has 0 aliphatic heterocycles. The van der Waals surface area contributed by atoms with Gasteiger partial charge in [-0.05, 0) is 49.6 Å². The van der Waals surface area contributed by atoms with Crippen LogP contribution in [-0.4, -0.2) is 5.91 Å². The minimum absolute atomic E-state index is 0.171. The van der Waals surface area contributed by atoms with Gasteiger partial charge >= 0.3 is 0 Å². The summed E-state index contributed by atoms with van der Waals surface area (Å²) in [5.74, 6) is 5.31. The lowest BCUT2D eigenvalue weighted by molar-refractivity contribution is 0.102. The van der Waals surface area contributed by atoms with Crippen LogP contribution >= 0.6 is 0 Å². The van der Waals surface area contributed by atoms with Gasteiger partial charge in [0.1, 0.15) is 0 Å². The molecule has 0 fully saturated rings. The summed E-state index contributed by atoms with van der Waals surface area (Å²) >= 11 is 0. The molecule has 2 rings (SSSR count). The Morgan fingerprint density at radius 2 is 1.70 bits per heavy atom. The molecule has 4 N–H and O–H groups in total. The Morgan fingerprint density at radius 3 is 2.30 bits per heavy atom. The molecular weight excluding hydrogens is 250 g/mol. The average molecular weight is 269 g/mol.